The summed E-state index contributed by atoms with van der Waals surface area (Å²) in [6.45, 7) is 2.37. The molecule has 0 saturated heterocycles. The fraction of sp³-hybridized carbons (Fsp3) is 0.467. The highest BCUT2D eigenvalue weighted by molar-refractivity contribution is 5.92. The first-order chi connectivity index (χ1) is 10.0. The fourth-order valence-corrected chi connectivity index (χ4v) is 1.71. The molecule has 1 amide bonds. The second kappa shape index (κ2) is 8.94. The van der Waals surface area contributed by atoms with E-state index in [2.05, 4.69) is 5.32 Å². The molecular weight excluding hydrogens is 277 g/mol. The van der Waals surface area contributed by atoms with Crippen LogP contribution in [-0.2, 0) is 9.59 Å². The van der Waals surface area contributed by atoms with Crippen LogP contribution < -0.4 is 10.1 Å². The van der Waals surface area contributed by atoms with Gasteiger partial charge in [-0.3, -0.25) is 9.59 Å². The molecule has 0 aromatic heterocycles. The molecule has 1 aromatic rings. The second-order valence-electron chi connectivity index (χ2n) is 4.64. The minimum Gasteiger partial charge on any atom is -0.491 e. The monoisotopic (exact) mass is 297 g/mol. The van der Waals surface area contributed by atoms with Gasteiger partial charge in [0.25, 0.3) is 0 Å². The summed E-state index contributed by atoms with van der Waals surface area (Å²) in [6.07, 6.45) is 1.99. The van der Waals surface area contributed by atoms with E-state index < -0.39 is 11.8 Å². The Balaban J connectivity index is 2.52. The number of amides is 1. The Hall–Kier alpha value is -2.11. The summed E-state index contributed by atoms with van der Waals surface area (Å²) in [6, 6.07) is 3.93. The zero-order valence-corrected chi connectivity index (χ0v) is 12.0. The summed E-state index contributed by atoms with van der Waals surface area (Å²) in [4.78, 5) is 22.1. The molecule has 6 heteroatoms. The summed E-state index contributed by atoms with van der Waals surface area (Å²) in [7, 11) is 0. The number of halogens is 1. The molecule has 0 bridgehead atoms. The highest BCUT2D eigenvalue weighted by Gasteiger charge is 2.09. The minimum absolute atomic E-state index is 0.0503. The molecule has 0 aliphatic rings. The number of nitrogens with one attached hydrogen (secondary N) is 1. The fourth-order valence-electron chi connectivity index (χ4n) is 1.71. The lowest BCUT2D eigenvalue weighted by atomic mass is 10.2. The number of ether oxygens (including phenoxy) is 1. The van der Waals surface area contributed by atoms with Crippen molar-refractivity contribution in [3.8, 4) is 5.75 Å². The highest BCUT2D eigenvalue weighted by Crippen LogP contribution is 2.26. The van der Waals surface area contributed by atoms with Crippen molar-refractivity contribution >= 4 is 17.6 Å². The van der Waals surface area contributed by atoms with Gasteiger partial charge in [-0.15, -0.1) is 0 Å². The van der Waals surface area contributed by atoms with E-state index in [0.717, 1.165) is 6.42 Å². The van der Waals surface area contributed by atoms with Crippen LogP contribution in [0.4, 0.5) is 10.1 Å². The summed E-state index contributed by atoms with van der Waals surface area (Å²) in [5.41, 5.74) is 0.424. The van der Waals surface area contributed by atoms with Gasteiger partial charge in [0.05, 0.1) is 12.3 Å². The van der Waals surface area contributed by atoms with Gasteiger partial charge < -0.3 is 15.2 Å². The molecule has 0 fully saturated rings. The summed E-state index contributed by atoms with van der Waals surface area (Å²) in [5.74, 6) is -1.24. The van der Waals surface area contributed by atoms with Crippen molar-refractivity contribution < 1.29 is 23.8 Å². The number of carboxylic acid groups (broad SMARTS) is 1. The number of carbonyl (C=O) groups excluding carboxylic acids is 1. The van der Waals surface area contributed by atoms with Crippen LogP contribution in [0.15, 0.2) is 18.2 Å². The van der Waals surface area contributed by atoms with Crippen LogP contribution in [0.25, 0.3) is 0 Å². The minimum atomic E-state index is -0.871. The number of hydrogen-bond donors (Lipinski definition) is 2. The maximum absolute atomic E-state index is 13.2. The lowest BCUT2D eigenvalue weighted by molar-refractivity contribution is -0.137. The van der Waals surface area contributed by atoms with Gasteiger partial charge in [0.1, 0.15) is 11.6 Å². The lowest BCUT2D eigenvalue weighted by Gasteiger charge is -2.12. The Kier molecular flexibility index (Phi) is 7.21. The Bertz CT molecular complexity index is 491. The third kappa shape index (κ3) is 6.74. The molecule has 0 spiro atoms. The molecule has 2 N–H and O–H groups in total. The SMILES string of the molecule is CCCOc1cc(F)ccc1NC(=O)CCCCC(=O)O. The van der Waals surface area contributed by atoms with E-state index in [-0.39, 0.29) is 18.7 Å². The van der Waals surface area contributed by atoms with Crippen molar-refractivity contribution in [2.45, 2.75) is 39.0 Å². The lowest BCUT2D eigenvalue weighted by Crippen LogP contribution is -2.13. The number of anilines is 1. The number of carboxylic acids is 1. The van der Waals surface area contributed by atoms with Gasteiger partial charge >= 0.3 is 5.97 Å². The quantitative estimate of drug-likeness (QED) is 0.686. The standard InChI is InChI=1S/C15H20FNO4/c1-2-9-21-13-10-11(16)7-8-12(13)17-14(18)5-3-4-6-15(19)20/h7-8,10H,2-6,9H2,1H3,(H,17,18)(H,19,20). The number of hydrogen-bond acceptors (Lipinski definition) is 3. The van der Waals surface area contributed by atoms with Gasteiger partial charge in [0, 0.05) is 18.9 Å². The van der Waals surface area contributed by atoms with Crippen molar-refractivity contribution in [3.05, 3.63) is 24.0 Å². The number of aliphatic carboxylic acids is 1. The van der Waals surface area contributed by atoms with E-state index in [4.69, 9.17) is 9.84 Å². The highest BCUT2D eigenvalue weighted by atomic mass is 19.1. The Morgan fingerprint density at radius 2 is 2.00 bits per heavy atom. The largest absolute Gasteiger partial charge is 0.491 e. The van der Waals surface area contributed by atoms with Crippen molar-refractivity contribution in [3.63, 3.8) is 0 Å². The number of carbonyl (C=O) groups is 2. The van der Waals surface area contributed by atoms with Gasteiger partial charge in [0.15, 0.2) is 0 Å². The van der Waals surface area contributed by atoms with Gasteiger partial charge in [-0.05, 0) is 31.4 Å². The van der Waals surface area contributed by atoms with Crippen molar-refractivity contribution in [1.82, 2.24) is 0 Å². The van der Waals surface area contributed by atoms with Crippen LogP contribution in [0.2, 0.25) is 0 Å². The van der Waals surface area contributed by atoms with Crippen LogP contribution in [0.5, 0.6) is 5.75 Å². The van der Waals surface area contributed by atoms with Gasteiger partial charge in [-0.2, -0.15) is 0 Å². The van der Waals surface area contributed by atoms with Crippen molar-refractivity contribution in [1.29, 1.82) is 0 Å². The van der Waals surface area contributed by atoms with Gasteiger partial charge in [0.2, 0.25) is 5.91 Å². The van der Waals surface area contributed by atoms with E-state index in [9.17, 15) is 14.0 Å². The maximum Gasteiger partial charge on any atom is 0.303 e. The zero-order chi connectivity index (χ0) is 15.7. The molecule has 0 radical (unpaired) electrons. The predicted octanol–water partition coefficient (Wildman–Crippen LogP) is 3.20. The van der Waals surface area contributed by atoms with Crippen LogP contribution in [0, 0.1) is 5.82 Å². The van der Waals surface area contributed by atoms with Crippen molar-refractivity contribution in [2.75, 3.05) is 11.9 Å². The Morgan fingerprint density at radius 1 is 1.29 bits per heavy atom. The topological polar surface area (TPSA) is 75.6 Å². The van der Waals surface area contributed by atoms with Gasteiger partial charge in [-0.1, -0.05) is 6.92 Å². The summed E-state index contributed by atoms with van der Waals surface area (Å²) < 4.78 is 18.6. The summed E-state index contributed by atoms with van der Waals surface area (Å²) in [5, 5.41) is 11.2. The average molecular weight is 297 g/mol. The van der Waals surface area contributed by atoms with E-state index in [1.165, 1.54) is 18.2 Å². The van der Waals surface area contributed by atoms with Crippen LogP contribution >= 0.6 is 0 Å². The molecule has 0 heterocycles. The molecule has 1 rings (SSSR count). The molecular formula is C15H20FNO4. The molecule has 0 unspecified atom stereocenters. The average Bonchev–Trinajstić information content (AvgIpc) is 2.43. The molecule has 0 atom stereocenters. The third-order valence-electron chi connectivity index (χ3n) is 2.72. The number of rotatable bonds is 9. The first kappa shape index (κ1) is 16.9. The Labute approximate surface area is 123 Å². The normalized spacial score (nSPS) is 10.2. The molecule has 1 aromatic carbocycles. The van der Waals surface area contributed by atoms with Crippen molar-refractivity contribution in [2.24, 2.45) is 0 Å². The smallest absolute Gasteiger partial charge is 0.303 e. The van der Waals surface area contributed by atoms with E-state index in [1.54, 1.807) is 0 Å². The first-order valence-electron chi connectivity index (χ1n) is 6.97. The van der Waals surface area contributed by atoms with Gasteiger partial charge in [-0.25, -0.2) is 4.39 Å². The Morgan fingerprint density at radius 3 is 2.67 bits per heavy atom. The molecule has 21 heavy (non-hydrogen) atoms. The van der Waals surface area contributed by atoms with Crippen LogP contribution in [0.1, 0.15) is 39.0 Å². The number of benzene rings is 1. The second-order valence-corrected chi connectivity index (χ2v) is 4.64. The molecule has 0 aliphatic carbocycles. The zero-order valence-electron chi connectivity index (χ0n) is 12.0. The third-order valence-corrected chi connectivity index (χ3v) is 2.72. The summed E-state index contributed by atoms with van der Waals surface area (Å²) >= 11 is 0. The molecule has 5 nitrogen and oxygen atoms in total. The predicted molar refractivity (Wildman–Crippen MR) is 76.9 cm³/mol. The van der Waals surface area contributed by atoms with E-state index in [1.807, 2.05) is 6.92 Å². The molecule has 0 saturated carbocycles. The molecule has 116 valence electrons. The van der Waals surface area contributed by atoms with E-state index >= 15 is 0 Å². The first-order valence-corrected chi connectivity index (χ1v) is 6.97. The number of unbranched alkanes of at least 4 members (excludes halogenated alkanes) is 1. The van der Waals surface area contributed by atoms with Crippen LogP contribution in [0.3, 0.4) is 0 Å². The maximum atomic E-state index is 13.2. The van der Waals surface area contributed by atoms with Crippen LogP contribution in [-0.4, -0.2) is 23.6 Å². The van der Waals surface area contributed by atoms with E-state index in [0.29, 0.717) is 30.9 Å². The molecule has 0 aliphatic heterocycles.